The molecule has 2 rings (SSSR count). The average molecular weight is 274 g/mol. The van der Waals surface area contributed by atoms with E-state index in [9.17, 15) is 9.32 Å². The van der Waals surface area contributed by atoms with Crippen molar-refractivity contribution in [2.75, 3.05) is 13.1 Å². The first-order valence-corrected chi connectivity index (χ1v) is 8.05. The summed E-state index contributed by atoms with van der Waals surface area (Å²) in [5, 5.41) is 13.3. The standard InChI is InChI=1S/C13H26N2O2S/c1-12(2,3)18(17)15-11-8-10(16)9-13(11)4-6-14-7-5-13/h10-11,14-16H,4-9H2,1-3H3/t10-,11+,18+/m0/s1. The summed E-state index contributed by atoms with van der Waals surface area (Å²) >= 11 is 0. The number of piperidine rings is 1. The van der Waals surface area contributed by atoms with Gasteiger partial charge in [0.2, 0.25) is 0 Å². The molecule has 5 heteroatoms. The van der Waals surface area contributed by atoms with E-state index in [-0.39, 0.29) is 22.3 Å². The molecule has 1 aliphatic carbocycles. The Hall–Kier alpha value is 0.0300. The highest BCUT2D eigenvalue weighted by Crippen LogP contribution is 2.45. The number of nitrogens with one attached hydrogen (secondary N) is 2. The van der Waals surface area contributed by atoms with Crippen molar-refractivity contribution in [1.82, 2.24) is 10.0 Å². The third-order valence-corrected chi connectivity index (χ3v) is 5.90. The van der Waals surface area contributed by atoms with Gasteiger partial charge in [0.15, 0.2) is 0 Å². The molecule has 0 unspecified atom stereocenters. The van der Waals surface area contributed by atoms with Gasteiger partial charge in [-0.3, -0.25) is 0 Å². The van der Waals surface area contributed by atoms with Gasteiger partial charge in [0.05, 0.1) is 21.8 Å². The summed E-state index contributed by atoms with van der Waals surface area (Å²) in [6.45, 7) is 7.96. The van der Waals surface area contributed by atoms with Crippen molar-refractivity contribution >= 4 is 11.0 Å². The topological polar surface area (TPSA) is 61.4 Å². The fourth-order valence-corrected chi connectivity index (χ4v) is 4.13. The van der Waals surface area contributed by atoms with Crippen molar-refractivity contribution in [2.24, 2.45) is 5.41 Å². The Bertz CT molecular complexity index is 321. The number of hydrogen-bond donors (Lipinski definition) is 3. The Morgan fingerprint density at radius 1 is 1.33 bits per heavy atom. The quantitative estimate of drug-likeness (QED) is 0.702. The number of aliphatic hydroxyl groups is 1. The molecule has 3 N–H and O–H groups in total. The molecule has 106 valence electrons. The van der Waals surface area contributed by atoms with Crippen LogP contribution in [0, 0.1) is 5.41 Å². The SMILES string of the molecule is CC(C)(C)[S@@](=O)N[C@@H]1C[C@H](O)CC12CCNCC2. The summed E-state index contributed by atoms with van der Waals surface area (Å²) in [7, 11) is -1.05. The molecule has 0 amide bonds. The monoisotopic (exact) mass is 274 g/mol. The van der Waals surface area contributed by atoms with Crippen LogP contribution in [0.1, 0.15) is 46.5 Å². The van der Waals surface area contributed by atoms with E-state index in [1.807, 2.05) is 20.8 Å². The highest BCUT2D eigenvalue weighted by atomic mass is 32.2. The maximum absolute atomic E-state index is 12.3. The van der Waals surface area contributed by atoms with Crippen LogP contribution < -0.4 is 10.0 Å². The second-order valence-corrected chi connectivity index (χ2v) is 8.76. The van der Waals surface area contributed by atoms with Gasteiger partial charge >= 0.3 is 0 Å². The van der Waals surface area contributed by atoms with Crippen LogP contribution in [0.2, 0.25) is 0 Å². The van der Waals surface area contributed by atoms with Crippen LogP contribution in [0.5, 0.6) is 0 Å². The molecule has 1 spiro atoms. The Balaban J connectivity index is 2.08. The summed E-state index contributed by atoms with van der Waals surface area (Å²) in [6.07, 6.45) is 3.50. The Labute approximate surface area is 113 Å². The van der Waals surface area contributed by atoms with Gasteiger partial charge in [-0.05, 0) is 65.0 Å². The summed E-state index contributed by atoms with van der Waals surface area (Å²) in [4.78, 5) is 0. The molecule has 1 saturated carbocycles. The first-order valence-electron chi connectivity index (χ1n) is 6.90. The normalized spacial score (nSPS) is 33.8. The molecule has 4 nitrogen and oxygen atoms in total. The van der Waals surface area contributed by atoms with Crippen molar-refractivity contribution in [1.29, 1.82) is 0 Å². The van der Waals surface area contributed by atoms with Crippen molar-refractivity contribution in [3.05, 3.63) is 0 Å². The van der Waals surface area contributed by atoms with Gasteiger partial charge in [0.25, 0.3) is 0 Å². The predicted octanol–water partition coefficient (Wildman–Crippen LogP) is 0.931. The van der Waals surface area contributed by atoms with Gasteiger partial charge in [-0.1, -0.05) is 0 Å². The minimum Gasteiger partial charge on any atom is -0.393 e. The molecule has 0 radical (unpaired) electrons. The van der Waals surface area contributed by atoms with Crippen LogP contribution >= 0.6 is 0 Å². The summed E-state index contributed by atoms with van der Waals surface area (Å²) < 4.78 is 15.3. The van der Waals surface area contributed by atoms with Gasteiger partial charge in [-0.25, -0.2) is 8.93 Å². The molecular formula is C13H26N2O2S. The van der Waals surface area contributed by atoms with Gasteiger partial charge in [-0.15, -0.1) is 0 Å². The fourth-order valence-electron chi connectivity index (χ4n) is 3.17. The van der Waals surface area contributed by atoms with Crippen molar-refractivity contribution in [3.8, 4) is 0 Å². The lowest BCUT2D eigenvalue weighted by Crippen LogP contribution is -2.50. The summed E-state index contributed by atoms with van der Waals surface area (Å²) in [5.41, 5.74) is 0.144. The second kappa shape index (κ2) is 5.19. The zero-order valence-electron chi connectivity index (χ0n) is 11.7. The van der Waals surface area contributed by atoms with E-state index in [1.165, 1.54) is 0 Å². The lowest BCUT2D eigenvalue weighted by atomic mass is 9.75. The van der Waals surface area contributed by atoms with E-state index in [1.54, 1.807) is 0 Å². The van der Waals surface area contributed by atoms with Crippen LogP contribution in [0.15, 0.2) is 0 Å². The van der Waals surface area contributed by atoms with Crippen molar-refractivity contribution < 1.29 is 9.32 Å². The van der Waals surface area contributed by atoms with Crippen LogP contribution in [0.3, 0.4) is 0 Å². The molecule has 2 fully saturated rings. The van der Waals surface area contributed by atoms with E-state index in [0.717, 1.165) is 38.8 Å². The number of rotatable bonds is 2. The summed E-state index contributed by atoms with van der Waals surface area (Å²) in [5.74, 6) is 0. The number of aliphatic hydroxyl groups excluding tert-OH is 1. The highest BCUT2D eigenvalue weighted by Gasteiger charge is 2.48. The average Bonchev–Trinajstić information content (AvgIpc) is 2.54. The third kappa shape index (κ3) is 2.95. The maximum Gasteiger partial charge on any atom is 0.0972 e. The molecule has 0 bridgehead atoms. The molecule has 1 aliphatic heterocycles. The minimum absolute atomic E-state index is 0.144. The van der Waals surface area contributed by atoms with E-state index < -0.39 is 11.0 Å². The maximum atomic E-state index is 12.3. The zero-order valence-corrected chi connectivity index (χ0v) is 12.5. The molecule has 18 heavy (non-hydrogen) atoms. The first kappa shape index (κ1) is 14.4. The third-order valence-electron chi connectivity index (χ3n) is 4.29. The first-order chi connectivity index (χ1) is 8.33. The second-order valence-electron chi connectivity index (χ2n) is 6.76. The van der Waals surface area contributed by atoms with Crippen LogP contribution in [0.4, 0.5) is 0 Å². The predicted molar refractivity (Wildman–Crippen MR) is 74.6 cm³/mol. The molecule has 2 aliphatic rings. The van der Waals surface area contributed by atoms with E-state index >= 15 is 0 Å². The van der Waals surface area contributed by atoms with E-state index in [0.29, 0.717) is 0 Å². The molecule has 1 heterocycles. The van der Waals surface area contributed by atoms with Crippen molar-refractivity contribution in [2.45, 2.75) is 63.3 Å². The lowest BCUT2D eigenvalue weighted by molar-refractivity contribution is 0.133. The molecule has 0 aromatic carbocycles. The van der Waals surface area contributed by atoms with Crippen LogP contribution in [0.25, 0.3) is 0 Å². The van der Waals surface area contributed by atoms with Gasteiger partial charge < -0.3 is 10.4 Å². The van der Waals surface area contributed by atoms with Crippen LogP contribution in [-0.4, -0.2) is 39.3 Å². The van der Waals surface area contributed by atoms with Crippen molar-refractivity contribution in [3.63, 3.8) is 0 Å². The smallest absolute Gasteiger partial charge is 0.0972 e. The largest absolute Gasteiger partial charge is 0.393 e. The highest BCUT2D eigenvalue weighted by molar-refractivity contribution is 7.84. The fraction of sp³-hybridized carbons (Fsp3) is 1.00. The Morgan fingerprint density at radius 2 is 1.94 bits per heavy atom. The van der Waals surface area contributed by atoms with Gasteiger partial charge in [-0.2, -0.15) is 0 Å². The number of hydrogen-bond acceptors (Lipinski definition) is 3. The molecular weight excluding hydrogens is 248 g/mol. The molecule has 0 aromatic heterocycles. The lowest BCUT2D eigenvalue weighted by Gasteiger charge is -2.40. The zero-order chi connectivity index (χ0) is 13.4. The molecule has 3 atom stereocenters. The Kier molecular flexibility index (Phi) is 4.17. The summed E-state index contributed by atoms with van der Waals surface area (Å²) in [6, 6.07) is 0.189. The van der Waals surface area contributed by atoms with Crippen LogP contribution in [-0.2, 0) is 11.0 Å². The van der Waals surface area contributed by atoms with Gasteiger partial charge in [0.1, 0.15) is 0 Å². The Morgan fingerprint density at radius 3 is 2.50 bits per heavy atom. The van der Waals surface area contributed by atoms with E-state index in [2.05, 4.69) is 10.0 Å². The molecule has 1 saturated heterocycles. The molecule has 0 aromatic rings. The van der Waals surface area contributed by atoms with Gasteiger partial charge in [0, 0.05) is 6.04 Å². The van der Waals surface area contributed by atoms with E-state index in [4.69, 9.17) is 0 Å². The minimum atomic E-state index is -1.05.